The number of hydrogen-bond donors (Lipinski definition) is 1. The lowest BCUT2D eigenvalue weighted by molar-refractivity contribution is 0.260. The zero-order valence-electron chi connectivity index (χ0n) is 10.8. The third-order valence-corrected chi connectivity index (χ3v) is 4.66. The van der Waals surface area contributed by atoms with E-state index in [1.54, 1.807) is 18.2 Å². The van der Waals surface area contributed by atoms with Gasteiger partial charge in [0.15, 0.2) is 0 Å². The Morgan fingerprint density at radius 2 is 2.00 bits per heavy atom. The van der Waals surface area contributed by atoms with Gasteiger partial charge in [-0.3, -0.25) is 0 Å². The molecule has 0 saturated heterocycles. The fourth-order valence-electron chi connectivity index (χ4n) is 1.59. The number of aliphatic hydroxyl groups is 1. The maximum atomic E-state index is 12.3. The Hall–Kier alpha value is -1.17. The Kier molecular flexibility index (Phi) is 5.07. The van der Waals surface area contributed by atoms with Crippen molar-refractivity contribution in [3.63, 3.8) is 0 Å². The average Bonchev–Trinajstić information content (AvgIpc) is 2.32. The van der Waals surface area contributed by atoms with Gasteiger partial charge in [-0.15, -0.1) is 6.58 Å². The molecule has 0 aromatic heterocycles. The van der Waals surface area contributed by atoms with Crippen LogP contribution in [0, 0.1) is 13.8 Å². The molecule has 0 heterocycles. The van der Waals surface area contributed by atoms with Gasteiger partial charge in [-0.25, -0.2) is 8.42 Å². The van der Waals surface area contributed by atoms with Gasteiger partial charge >= 0.3 is 0 Å². The van der Waals surface area contributed by atoms with Crippen LogP contribution in [0.3, 0.4) is 0 Å². The van der Waals surface area contributed by atoms with Crippen molar-refractivity contribution in [2.45, 2.75) is 18.7 Å². The van der Waals surface area contributed by atoms with Crippen molar-refractivity contribution in [3.8, 4) is 0 Å². The van der Waals surface area contributed by atoms with Crippen molar-refractivity contribution in [3.05, 3.63) is 42.0 Å². The minimum atomic E-state index is -3.56. The van der Waals surface area contributed by atoms with Gasteiger partial charge in [-0.2, -0.15) is 4.31 Å². The van der Waals surface area contributed by atoms with Crippen molar-refractivity contribution in [2.24, 2.45) is 0 Å². The third-order valence-electron chi connectivity index (χ3n) is 2.80. The molecular weight excluding hydrogens is 250 g/mol. The Labute approximate surface area is 109 Å². The van der Waals surface area contributed by atoms with E-state index in [-0.39, 0.29) is 24.6 Å². The van der Waals surface area contributed by atoms with Gasteiger partial charge < -0.3 is 5.11 Å². The molecular formula is C13H19NO3S. The van der Waals surface area contributed by atoms with E-state index in [4.69, 9.17) is 5.11 Å². The summed E-state index contributed by atoms with van der Waals surface area (Å²) >= 11 is 0. The fraction of sp³-hybridized carbons (Fsp3) is 0.385. The van der Waals surface area contributed by atoms with Crippen molar-refractivity contribution < 1.29 is 13.5 Å². The largest absolute Gasteiger partial charge is 0.395 e. The summed E-state index contributed by atoms with van der Waals surface area (Å²) in [5, 5.41) is 8.93. The lowest BCUT2D eigenvalue weighted by Crippen LogP contribution is -2.33. The lowest BCUT2D eigenvalue weighted by atomic mass is 10.1. The molecule has 0 bridgehead atoms. The Bertz CT molecular complexity index is 523. The number of nitrogens with zero attached hydrogens (tertiary/aromatic N) is 1. The van der Waals surface area contributed by atoms with E-state index >= 15 is 0 Å². The summed E-state index contributed by atoms with van der Waals surface area (Å²) in [6.07, 6.45) is 1.51. The second-order valence-corrected chi connectivity index (χ2v) is 6.06. The smallest absolute Gasteiger partial charge is 0.243 e. The van der Waals surface area contributed by atoms with Crippen molar-refractivity contribution in [1.29, 1.82) is 0 Å². The molecule has 1 aromatic rings. The summed E-state index contributed by atoms with van der Waals surface area (Å²) in [6, 6.07) is 5.02. The van der Waals surface area contributed by atoms with Crippen LogP contribution in [-0.4, -0.2) is 37.5 Å². The van der Waals surface area contributed by atoms with Gasteiger partial charge in [0.25, 0.3) is 0 Å². The summed E-state index contributed by atoms with van der Waals surface area (Å²) in [5.74, 6) is 0. The zero-order valence-corrected chi connectivity index (χ0v) is 11.6. The Balaban J connectivity index is 3.17. The van der Waals surface area contributed by atoms with Gasteiger partial charge in [0, 0.05) is 13.1 Å². The molecule has 0 atom stereocenters. The number of aliphatic hydroxyl groups excluding tert-OH is 1. The predicted molar refractivity (Wildman–Crippen MR) is 72.0 cm³/mol. The summed E-state index contributed by atoms with van der Waals surface area (Å²) in [4.78, 5) is 0.251. The molecule has 1 N–H and O–H groups in total. The highest BCUT2D eigenvalue weighted by molar-refractivity contribution is 7.89. The first-order valence-electron chi connectivity index (χ1n) is 5.72. The first-order chi connectivity index (χ1) is 8.43. The first kappa shape index (κ1) is 14.9. The van der Waals surface area contributed by atoms with Crippen molar-refractivity contribution >= 4 is 10.0 Å². The summed E-state index contributed by atoms with van der Waals surface area (Å²) in [7, 11) is -3.56. The lowest BCUT2D eigenvalue weighted by Gasteiger charge is -2.20. The Morgan fingerprint density at radius 3 is 2.50 bits per heavy atom. The quantitative estimate of drug-likeness (QED) is 0.796. The van der Waals surface area contributed by atoms with E-state index in [1.165, 1.54) is 10.4 Å². The molecule has 0 aliphatic rings. The van der Waals surface area contributed by atoms with Crippen LogP contribution in [0.2, 0.25) is 0 Å². The molecule has 0 spiro atoms. The van der Waals surface area contributed by atoms with E-state index in [0.717, 1.165) is 11.1 Å². The third kappa shape index (κ3) is 3.19. The molecule has 0 radical (unpaired) electrons. The van der Waals surface area contributed by atoms with E-state index < -0.39 is 10.0 Å². The normalized spacial score (nSPS) is 11.8. The molecule has 0 amide bonds. The molecule has 100 valence electrons. The van der Waals surface area contributed by atoms with Crippen LogP contribution < -0.4 is 0 Å². The molecule has 0 unspecified atom stereocenters. The molecule has 5 heteroatoms. The van der Waals surface area contributed by atoms with Gasteiger partial charge in [0.05, 0.1) is 11.5 Å². The highest BCUT2D eigenvalue weighted by Gasteiger charge is 2.23. The SMILES string of the molecule is C=CCN(CCO)S(=O)(=O)c1ccc(C)c(C)c1. The monoisotopic (exact) mass is 269 g/mol. The van der Waals surface area contributed by atoms with Gasteiger partial charge in [-0.1, -0.05) is 12.1 Å². The molecule has 0 aliphatic carbocycles. The van der Waals surface area contributed by atoms with Crippen molar-refractivity contribution in [2.75, 3.05) is 19.7 Å². The second kappa shape index (κ2) is 6.13. The van der Waals surface area contributed by atoms with E-state index in [2.05, 4.69) is 6.58 Å². The highest BCUT2D eigenvalue weighted by Crippen LogP contribution is 2.18. The molecule has 0 fully saturated rings. The number of benzene rings is 1. The molecule has 1 rings (SSSR count). The number of aryl methyl sites for hydroxylation is 2. The van der Waals surface area contributed by atoms with Crippen LogP contribution in [0.15, 0.2) is 35.7 Å². The Morgan fingerprint density at radius 1 is 1.33 bits per heavy atom. The minimum absolute atomic E-state index is 0.0707. The van der Waals surface area contributed by atoms with Crippen LogP contribution in [0.1, 0.15) is 11.1 Å². The minimum Gasteiger partial charge on any atom is -0.395 e. The predicted octanol–water partition coefficient (Wildman–Crippen LogP) is 1.47. The van der Waals surface area contributed by atoms with Crippen LogP contribution in [0.25, 0.3) is 0 Å². The van der Waals surface area contributed by atoms with Crippen LogP contribution >= 0.6 is 0 Å². The fourth-order valence-corrected chi connectivity index (χ4v) is 3.08. The van der Waals surface area contributed by atoms with Gasteiger partial charge in [-0.05, 0) is 37.1 Å². The second-order valence-electron chi connectivity index (χ2n) is 4.12. The number of sulfonamides is 1. The summed E-state index contributed by atoms with van der Waals surface area (Å²) in [5.41, 5.74) is 1.98. The number of rotatable bonds is 6. The first-order valence-corrected chi connectivity index (χ1v) is 7.16. The topological polar surface area (TPSA) is 57.6 Å². The molecule has 18 heavy (non-hydrogen) atoms. The molecule has 0 saturated carbocycles. The standard InChI is InChI=1S/C13H19NO3S/c1-4-7-14(8-9-15)18(16,17)13-6-5-11(2)12(3)10-13/h4-6,10,15H,1,7-9H2,2-3H3. The maximum absolute atomic E-state index is 12.3. The van der Waals surface area contributed by atoms with E-state index in [1.807, 2.05) is 13.8 Å². The number of hydrogen-bond acceptors (Lipinski definition) is 3. The molecule has 0 aliphatic heterocycles. The van der Waals surface area contributed by atoms with Gasteiger partial charge in [0.2, 0.25) is 10.0 Å². The summed E-state index contributed by atoms with van der Waals surface area (Å²) < 4.78 is 25.9. The highest BCUT2D eigenvalue weighted by atomic mass is 32.2. The van der Waals surface area contributed by atoms with Crippen molar-refractivity contribution in [1.82, 2.24) is 4.31 Å². The zero-order chi connectivity index (χ0) is 13.8. The molecule has 4 nitrogen and oxygen atoms in total. The van der Waals surface area contributed by atoms with Crippen LogP contribution in [0.4, 0.5) is 0 Å². The average molecular weight is 269 g/mol. The van der Waals surface area contributed by atoms with E-state index in [9.17, 15) is 8.42 Å². The summed E-state index contributed by atoms with van der Waals surface area (Å²) in [6.45, 7) is 7.39. The molecule has 1 aromatic carbocycles. The van der Waals surface area contributed by atoms with Crippen LogP contribution in [0.5, 0.6) is 0 Å². The maximum Gasteiger partial charge on any atom is 0.243 e. The van der Waals surface area contributed by atoms with E-state index in [0.29, 0.717) is 0 Å². The van der Waals surface area contributed by atoms with Gasteiger partial charge in [0.1, 0.15) is 0 Å². The van der Waals surface area contributed by atoms with Crippen LogP contribution in [-0.2, 0) is 10.0 Å².